The Kier molecular flexibility index (Phi) is 2.94. The maximum atomic E-state index is 11.8. The van der Waals surface area contributed by atoms with E-state index in [1.807, 2.05) is 12.1 Å². The number of para-hydroxylation sites is 1. The topological polar surface area (TPSA) is 69.7 Å². The highest BCUT2D eigenvalue weighted by Crippen LogP contribution is 2.34. The Hall–Kier alpha value is -3.08. The summed E-state index contributed by atoms with van der Waals surface area (Å²) in [4.78, 5) is 22.9. The van der Waals surface area contributed by atoms with Crippen LogP contribution in [-0.4, -0.2) is 18.9 Å². The highest BCUT2D eigenvalue weighted by Gasteiger charge is 2.16. The van der Waals surface area contributed by atoms with Gasteiger partial charge in [-0.1, -0.05) is 12.1 Å². The van der Waals surface area contributed by atoms with Crippen molar-refractivity contribution in [3.8, 4) is 0 Å². The molecule has 5 heteroatoms. The molecule has 0 saturated heterocycles. The molecule has 0 spiro atoms. The smallest absolute Gasteiger partial charge is 0.374 e. The first kappa shape index (κ1) is 13.6. The molecule has 0 atom stereocenters. The normalized spacial score (nSPS) is 11.3. The van der Waals surface area contributed by atoms with Gasteiger partial charge in [-0.2, -0.15) is 0 Å². The van der Waals surface area contributed by atoms with E-state index in [2.05, 4.69) is 0 Å². The Morgan fingerprint density at radius 2 is 2.00 bits per heavy atom. The lowest BCUT2D eigenvalue weighted by Crippen LogP contribution is -2.02. The third kappa shape index (κ3) is 2.01. The third-order valence-corrected chi connectivity index (χ3v) is 3.77. The van der Waals surface area contributed by atoms with E-state index in [9.17, 15) is 9.59 Å². The summed E-state index contributed by atoms with van der Waals surface area (Å²) in [6.07, 6.45) is 0.771. The molecule has 2 aromatic carbocycles. The maximum absolute atomic E-state index is 11.8. The van der Waals surface area contributed by atoms with E-state index in [-0.39, 0.29) is 12.4 Å². The first-order valence-electron chi connectivity index (χ1n) is 7.22. The summed E-state index contributed by atoms with van der Waals surface area (Å²) < 4.78 is 16.3. The van der Waals surface area contributed by atoms with Gasteiger partial charge in [0.2, 0.25) is 5.76 Å². The van der Waals surface area contributed by atoms with Gasteiger partial charge in [-0.05, 0) is 31.2 Å². The molecular formula is C18H12O5. The van der Waals surface area contributed by atoms with Crippen LogP contribution in [0.4, 0.5) is 0 Å². The van der Waals surface area contributed by atoms with Crippen LogP contribution in [0.25, 0.3) is 32.9 Å². The molecule has 4 aromatic rings. The molecule has 0 unspecified atom stereocenters. The van der Waals surface area contributed by atoms with E-state index < -0.39 is 5.97 Å². The molecule has 0 bridgehead atoms. The minimum Gasteiger partial charge on any atom is -0.460 e. The van der Waals surface area contributed by atoms with E-state index in [1.54, 1.807) is 31.2 Å². The van der Waals surface area contributed by atoms with Crippen LogP contribution in [0.3, 0.4) is 0 Å². The van der Waals surface area contributed by atoms with Crippen molar-refractivity contribution in [1.82, 2.24) is 0 Å². The van der Waals surface area contributed by atoms with Gasteiger partial charge in [0.1, 0.15) is 16.7 Å². The molecule has 2 aromatic heterocycles. The van der Waals surface area contributed by atoms with Crippen molar-refractivity contribution in [2.75, 3.05) is 6.61 Å². The summed E-state index contributed by atoms with van der Waals surface area (Å²) in [7, 11) is 0. The van der Waals surface area contributed by atoms with Gasteiger partial charge in [0.15, 0.2) is 6.29 Å². The molecule has 0 aliphatic rings. The summed E-state index contributed by atoms with van der Waals surface area (Å²) in [6, 6.07) is 10.6. The molecule has 0 aliphatic carbocycles. The summed E-state index contributed by atoms with van der Waals surface area (Å²) in [5.41, 5.74) is 2.26. The number of esters is 1. The lowest BCUT2D eigenvalue weighted by atomic mass is 10.1. The molecule has 0 N–H and O–H groups in total. The third-order valence-electron chi connectivity index (χ3n) is 3.77. The Labute approximate surface area is 130 Å². The molecule has 0 fully saturated rings. The van der Waals surface area contributed by atoms with Crippen molar-refractivity contribution < 1.29 is 23.2 Å². The molecular weight excluding hydrogens is 296 g/mol. The second kappa shape index (κ2) is 4.98. The average molecular weight is 308 g/mol. The second-order valence-corrected chi connectivity index (χ2v) is 5.16. The van der Waals surface area contributed by atoms with Gasteiger partial charge in [-0.3, -0.25) is 4.79 Å². The van der Waals surface area contributed by atoms with Crippen LogP contribution in [0.1, 0.15) is 27.8 Å². The minimum absolute atomic E-state index is 0.160. The van der Waals surface area contributed by atoms with Crippen LogP contribution in [0.5, 0.6) is 0 Å². The van der Waals surface area contributed by atoms with Gasteiger partial charge in [-0.15, -0.1) is 0 Å². The number of carbonyl (C=O) groups excluding carboxylic acids is 2. The number of ether oxygens (including phenoxy) is 1. The maximum Gasteiger partial charge on any atom is 0.374 e. The molecule has 23 heavy (non-hydrogen) atoms. The fraction of sp³-hybridized carbons (Fsp3) is 0.111. The van der Waals surface area contributed by atoms with Crippen molar-refractivity contribution in [2.45, 2.75) is 6.92 Å². The molecule has 0 radical (unpaired) electrons. The van der Waals surface area contributed by atoms with Crippen molar-refractivity contribution in [3.05, 3.63) is 47.7 Å². The summed E-state index contributed by atoms with van der Waals surface area (Å²) >= 11 is 0. The molecule has 0 amide bonds. The van der Waals surface area contributed by atoms with Crippen LogP contribution >= 0.6 is 0 Å². The average Bonchev–Trinajstić information content (AvgIpc) is 3.13. The van der Waals surface area contributed by atoms with Crippen molar-refractivity contribution >= 4 is 45.2 Å². The first-order chi connectivity index (χ1) is 11.2. The van der Waals surface area contributed by atoms with E-state index in [0.29, 0.717) is 22.3 Å². The first-order valence-corrected chi connectivity index (χ1v) is 7.22. The number of rotatable bonds is 3. The van der Waals surface area contributed by atoms with Crippen LogP contribution in [0, 0.1) is 0 Å². The van der Waals surface area contributed by atoms with Gasteiger partial charge in [0.05, 0.1) is 12.2 Å². The fourth-order valence-corrected chi connectivity index (χ4v) is 2.75. The van der Waals surface area contributed by atoms with Crippen molar-refractivity contribution in [2.24, 2.45) is 0 Å². The quantitative estimate of drug-likeness (QED) is 0.416. The Bertz CT molecular complexity index is 1070. The number of benzene rings is 2. The van der Waals surface area contributed by atoms with Gasteiger partial charge < -0.3 is 13.6 Å². The van der Waals surface area contributed by atoms with Crippen LogP contribution in [0.2, 0.25) is 0 Å². The number of fused-ring (bicyclic) bond motifs is 4. The van der Waals surface area contributed by atoms with Gasteiger partial charge in [-0.25, -0.2) is 4.79 Å². The number of hydrogen-bond acceptors (Lipinski definition) is 5. The standard InChI is InChI=1S/C18H12O5/c1-2-21-18(20)16-7-11-6-15-13(8-14(11)22-16)12-5-3-4-10(9-19)17(12)23-15/h3-9H,2H2,1H3. The fourth-order valence-electron chi connectivity index (χ4n) is 2.75. The lowest BCUT2D eigenvalue weighted by molar-refractivity contribution is 0.0492. The van der Waals surface area contributed by atoms with E-state index in [0.717, 1.165) is 22.4 Å². The van der Waals surface area contributed by atoms with E-state index in [4.69, 9.17) is 13.6 Å². The number of hydrogen-bond donors (Lipinski definition) is 0. The monoisotopic (exact) mass is 308 g/mol. The van der Waals surface area contributed by atoms with E-state index >= 15 is 0 Å². The minimum atomic E-state index is -0.492. The zero-order valence-electron chi connectivity index (χ0n) is 12.3. The lowest BCUT2D eigenvalue weighted by Gasteiger charge is -1.95. The van der Waals surface area contributed by atoms with Crippen molar-refractivity contribution in [3.63, 3.8) is 0 Å². The molecule has 2 heterocycles. The highest BCUT2D eigenvalue weighted by atomic mass is 16.5. The van der Waals surface area contributed by atoms with E-state index in [1.165, 1.54) is 0 Å². The second-order valence-electron chi connectivity index (χ2n) is 5.16. The van der Waals surface area contributed by atoms with Gasteiger partial charge in [0, 0.05) is 16.2 Å². The van der Waals surface area contributed by atoms with Gasteiger partial charge in [0.25, 0.3) is 0 Å². The van der Waals surface area contributed by atoms with Gasteiger partial charge >= 0.3 is 5.97 Å². The Morgan fingerprint density at radius 1 is 1.13 bits per heavy atom. The van der Waals surface area contributed by atoms with Crippen LogP contribution in [-0.2, 0) is 4.74 Å². The van der Waals surface area contributed by atoms with Crippen LogP contribution in [0.15, 0.2) is 45.2 Å². The largest absolute Gasteiger partial charge is 0.460 e. The predicted octanol–water partition coefficient (Wildman–Crippen LogP) is 4.32. The van der Waals surface area contributed by atoms with Crippen molar-refractivity contribution in [1.29, 1.82) is 0 Å². The molecule has 5 nitrogen and oxygen atoms in total. The SMILES string of the molecule is CCOC(=O)c1cc2cc3oc4c(C=O)cccc4c3cc2o1. The Balaban J connectivity index is 1.97. The summed E-state index contributed by atoms with van der Waals surface area (Å²) in [5, 5.41) is 2.41. The number of carbonyl (C=O) groups is 2. The number of aldehydes is 1. The Morgan fingerprint density at radius 3 is 2.78 bits per heavy atom. The molecule has 4 rings (SSSR count). The predicted molar refractivity (Wildman–Crippen MR) is 84.8 cm³/mol. The summed E-state index contributed by atoms with van der Waals surface area (Å²) in [5.74, 6) is -0.333. The number of furan rings is 2. The molecule has 0 saturated carbocycles. The molecule has 0 aliphatic heterocycles. The highest BCUT2D eigenvalue weighted by molar-refractivity contribution is 6.12. The zero-order valence-corrected chi connectivity index (χ0v) is 12.3. The zero-order chi connectivity index (χ0) is 16.0. The summed E-state index contributed by atoms with van der Waals surface area (Å²) in [6.45, 7) is 2.03. The molecule has 114 valence electrons. The van der Waals surface area contributed by atoms with Crippen LogP contribution < -0.4 is 0 Å².